The van der Waals surface area contributed by atoms with Crippen LogP contribution in [0.25, 0.3) is 0 Å². The standard InChI is InChI=1S/C26H28N2O3S/c1-27(17-8-11-21-9-3-2-4-10-21)26(29)23-14-7-15-25(19-23)32(30,31)28-18-16-22-12-5-6-13-24(22)20-28/h2-7,9-10,12-15,19H,8,11,16-18,20H2,1H3. The third-order valence-corrected chi connectivity index (χ3v) is 7.80. The minimum atomic E-state index is -3.68. The highest BCUT2D eigenvalue weighted by molar-refractivity contribution is 7.89. The van der Waals surface area contributed by atoms with Crippen LogP contribution >= 0.6 is 0 Å². The smallest absolute Gasteiger partial charge is 0.253 e. The molecule has 1 heterocycles. The lowest BCUT2D eigenvalue weighted by Crippen LogP contribution is -2.36. The number of sulfonamides is 1. The zero-order chi connectivity index (χ0) is 22.6. The van der Waals surface area contributed by atoms with Crippen molar-refractivity contribution in [2.24, 2.45) is 0 Å². The van der Waals surface area contributed by atoms with Crippen molar-refractivity contribution >= 4 is 15.9 Å². The molecule has 1 aliphatic rings. The maximum absolute atomic E-state index is 13.3. The van der Waals surface area contributed by atoms with Crippen LogP contribution in [0.3, 0.4) is 0 Å². The molecular weight excluding hydrogens is 420 g/mol. The van der Waals surface area contributed by atoms with E-state index in [1.54, 1.807) is 30.1 Å². The Morgan fingerprint density at radius 2 is 1.66 bits per heavy atom. The summed E-state index contributed by atoms with van der Waals surface area (Å²) in [7, 11) is -1.92. The molecule has 0 spiro atoms. The molecule has 0 fully saturated rings. The molecule has 0 atom stereocenters. The van der Waals surface area contributed by atoms with Gasteiger partial charge in [-0.3, -0.25) is 4.79 Å². The monoisotopic (exact) mass is 448 g/mol. The van der Waals surface area contributed by atoms with Crippen LogP contribution in [0.5, 0.6) is 0 Å². The summed E-state index contributed by atoms with van der Waals surface area (Å²) >= 11 is 0. The zero-order valence-electron chi connectivity index (χ0n) is 18.3. The summed E-state index contributed by atoms with van der Waals surface area (Å²) in [6.07, 6.45) is 2.43. The van der Waals surface area contributed by atoms with E-state index in [1.807, 2.05) is 42.5 Å². The van der Waals surface area contributed by atoms with E-state index in [9.17, 15) is 13.2 Å². The van der Waals surface area contributed by atoms with E-state index >= 15 is 0 Å². The highest BCUT2D eigenvalue weighted by Gasteiger charge is 2.28. The number of carbonyl (C=O) groups is 1. The van der Waals surface area contributed by atoms with Gasteiger partial charge in [0.15, 0.2) is 0 Å². The lowest BCUT2D eigenvalue weighted by molar-refractivity contribution is 0.0793. The van der Waals surface area contributed by atoms with Gasteiger partial charge in [-0.2, -0.15) is 4.31 Å². The summed E-state index contributed by atoms with van der Waals surface area (Å²) in [5.74, 6) is -0.167. The van der Waals surface area contributed by atoms with E-state index in [0.29, 0.717) is 31.6 Å². The summed E-state index contributed by atoms with van der Waals surface area (Å²) in [4.78, 5) is 14.7. The number of hydrogen-bond acceptors (Lipinski definition) is 3. The largest absolute Gasteiger partial charge is 0.342 e. The number of carbonyl (C=O) groups excluding carboxylic acids is 1. The highest BCUT2D eigenvalue weighted by Crippen LogP contribution is 2.25. The third-order valence-electron chi connectivity index (χ3n) is 5.96. The first-order chi connectivity index (χ1) is 15.4. The fourth-order valence-electron chi connectivity index (χ4n) is 4.10. The number of fused-ring (bicyclic) bond motifs is 1. The molecule has 1 amide bonds. The predicted octanol–water partition coefficient (Wildman–Crippen LogP) is 4.14. The topological polar surface area (TPSA) is 57.7 Å². The van der Waals surface area contributed by atoms with E-state index in [-0.39, 0.29) is 10.8 Å². The zero-order valence-corrected chi connectivity index (χ0v) is 19.1. The molecular formula is C26H28N2O3S. The van der Waals surface area contributed by atoms with Crippen LogP contribution in [0.1, 0.15) is 33.5 Å². The molecule has 4 rings (SSSR count). The van der Waals surface area contributed by atoms with Gasteiger partial charge in [-0.15, -0.1) is 0 Å². The van der Waals surface area contributed by atoms with Gasteiger partial charge in [-0.05, 0) is 54.2 Å². The van der Waals surface area contributed by atoms with Crippen LogP contribution in [-0.4, -0.2) is 43.7 Å². The van der Waals surface area contributed by atoms with Crippen molar-refractivity contribution in [2.75, 3.05) is 20.1 Å². The Morgan fingerprint density at radius 3 is 2.44 bits per heavy atom. The van der Waals surface area contributed by atoms with Crippen LogP contribution in [-0.2, 0) is 29.4 Å². The molecule has 0 saturated heterocycles. The number of nitrogens with zero attached hydrogens (tertiary/aromatic N) is 2. The number of hydrogen-bond donors (Lipinski definition) is 0. The average molecular weight is 449 g/mol. The van der Waals surface area contributed by atoms with Gasteiger partial charge in [0.1, 0.15) is 0 Å². The molecule has 3 aromatic rings. The molecule has 0 N–H and O–H groups in total. The van der Waals surface area contributed by atoms with Gasteiger partial charge in [0, 0.05) is 32.2 Å². The first-order valence-electron chi connectivity index (χ1n) is 10.9. The molecule has 0 saturated carbocycles. The molecule has 0 aromatic heterocycles. The second-order valence-corrected chi connectivity index (χ2v) is 10.1. The van der Waals surface area contributed by atoms with Crippen LogP contribution in [0.15, 0.2) is 83.8 Å². The molecule has 1 aliphatic heterocycles. The van der Waals surface area contributed by atoms with Gasteiger partial charge in [-0.25, -0.2) is 8.42 Å². The average Bonchev–Trinajstić information content (AvgIpc) is 2.84. The van der Waals surface area contributed by atoms with E-state index in [2.05, 4.69) is 12.1 Å². The lowest BCUT2D eigenvalue weighted by Gasteiger charge is -2.28. The van der Waals surface area contributed by atoms with Crippen LogP contribution < -0.4 is 0 Å². The number of benzene rings is 3. The van der Waals surface area contributed by atoms with Crippen molar-refractivity contribution < 1.29 is 13.2 Å². The van der Waals surface area contributed by atoms with Gasteiger partial charge in [-0.1, -0.05) is 60.7 Å². The van der Waals surface area contributed by atoms with Crippen LogP contribution in [0.4, 0.5) is 0 Å². The Morgan fingerprint density at radius 1 is 0.938 bits per heavy atom. The Balaban J connectivity index is 1.43. The van der Waals surface area contributed by atoms with Gasteiger partial charge in [0.2, 0.25) is 10.0 Å². The molecule has 166 valence electrons. The number of rotatable bonds is 7. The minimum absolute atomic E-state index is 0.167. The summed E-state index contributed by atoms with van der Waals surface area (Å²) in [6.45, 7) is 1.40. The molecule has 0 radical (unpaired) electrons. The summed E-state index contributed by atoms with van der Waals surface area (Å²) < 4.78 is 28.0. The van der Waals surface area contributed by atoms with Crippen LogP contribution in [0.2, 0.25) is 0 Å². The lowest BCUT2D eigenvalue weighted by atomic mass is 10.0. The molecule has 5 nitrogen and oxygen atoms in total. The summed E-state index contributed by atoms with van der Waals surface area (Å²) in [5.41, 5.74) is 3.86. The molecule has 3 aromatic carbocycles. The minimum Gasteiger partial charge on any atom is -0.342 e. The molecule has 0 aliphatic carbocycles. The highest BCUT2D eigenvalue weighted by atomic mass is 32.2. The van der Waals surface area contributed by atoms with Gasteiger partial charge < -0.3 is 4.90 Å². The van der Waals surface area contributed by atoms with Crippen molar-refractivity contribution in [3.63, 3.8) is 0 Å². The first kappa shape index (κ1) is 22.2. The van der Waals surface area contributed by atoms with Gasteiger partial charge in [0.05, 0.1) is 4.90 Å². The Kier molecular flexibility index (Phi) is 6.72. The summed E-state index contributed by atoms with van der Waals surface area (Å²) in [5, 5.41) is 0. The van der Waals surface area contributed by atoms with E-state index < -0.39 is 10.0 Å². The van der Waals surface area contributed by atoms with E-state index in [1.165, 1.54) is 21.5 Å². The first-order valence-corrected chi connectivity index (χ1v) is 12.4. The normalized spacial score (nSPS) is 14.0. The summed E-state index contributed by atoms with van der Waals surface area (Å²) in [6, 6.07) is 24.5. The van der Waals surface area contributed by atoms with Crippen molar-refractivity contribution in [2.45, 2.75) is 30.7 Å². The molecule has 0 unspecified atom stereocenters. The quantitative estimate of drug-likeness (QED) is 0.546. The van der Waals surface area contributed by atoms with Crippen molar-refractivity contribution in [3.8, 4) is 0 Å². The second kappa shape index (κ2) is 9.67. The maximum Gasteiger partial charge on any atom is 0.253 e. The number of aryl methyl sites for hydroxylation is 1. The Bertz CT molecular complexity index is 1190. The maximum atomic E-state index is 13.3. The second-order valence-electron chi connectivity index (χ2n) is 8.20. The Hall–Kier alpha value is -2.96. The van der Waals surface area contributed by atoms with E-state index in [0.717, 1.165) is 18.4 Å². The van der Waals surface area contributed by atoms with Crippen molar-refractivity contribution in [1.82, 2.24) is 9.21 Å². The fourth-order valence-corrected chi connectivity index (χ4v) is 5.57. The molecule has 32 heavy (non-hydrogen) atoms. The molecule has 6 heteroatoms. The SMILES string of the molecule is CN(CCCc1ccccc1)C(=O)c1cccc(S(=O)(=O)N2CCc3ccccc3C2)c1. The van der Waals surface area contributed by atoms with E-state index in [4.69, 9.17) is 0 Å². The van der Waals surface area contributed by atoms with Crippen LogP contribution in [0, 0.1) is 0 Å². The number of amides is 1. The third kappa shape index (κ3) is 4.92. The van der Waals surface area contributed by atoms with Crippen molar-refractivity contribution in [3.05, 3.63) is 101 Å². The predicted molar refractivity (Wildman–Crippen MR) is 126 cm³/mol. The fraction of sp³-hybridized carbons (Fsp3) is 0.269. The Labute approximate surface area is 190 Å². The molecule has 0 bridgehead atoms. The van der Waals surface area contributed by atoms with Gasteiger partial charge >= 0.3 is 0 Å². The van der Waals surface area contributed by atoms with Gasteiger partial charge in [0.25, 0.3) is 5.91 Å². The van der Waals surface area contributed by atoms with Crippen molar-refractivity contribution in [1.29, 1.82) is 0 Å².